The highest BCUT2D eigenvalue weighted by atomic mass is 16.6. The fourth-order valence-corrected chi connectivity index (χ4v) is 10.0. The summed E-state index contributed by atoms with van der Waals surface area (Å²) in [5.41, 5.74) is 0. The first-order valence-electron chi connectivity index (χ1n) is 32.8. The molecule has 0 bridgehead atoms. The summed E-state index contributed by atoms with van der Waals surface area (Å²) in [4.78, 5) is 38.3. The molecule has 0 saturated heterocycles. The molecule has 0 saturated carbocycles. The zero-order valence-corrected chi connectivity index (χ0v) is 49.4. The lowest BCUT2D eigenvalue weighted by molar-refractivity contribution is -0.167. The van der Waals surface area contributed by atoms with Crippen LogP contribution in [-0.2, 0) is 28.6 Å². The van der Waals surface area contributed by atoms with Crippen molar-refractivity contribution in [3.63, 3.8) is 0 Å². The van der Waals surface area contributed by atoms with Crippen LogP contribution in [0, 0.1) is 0 Å². The number of unbranched alkanes of at least 4 members (excludes halogenated alkanes) is 46. The summed E-state index contributed by atoms with van der Waals surface area (Å²) in [6.07, 6.45) is 74.8. The maximum absolute atomic E-state index is 12.9. The van der Waals surface area contributed by atoms with Gasteiger partial charge >= 0.3 is 17.9 Å². The molecular formula is C67H126O6. The molecule has 0 radical (unpaired) electrons. The lowest BCUT2D eigenvalue weighted by atomic mass is 10.0. The third-order valence-corrected chi connectivity index (χ3v) is 15.0. The van der Waals surface area contributed by atoms with Crippen LogP contribution in [0.4, 0.5) is 0 Å². The smallest absolute Gasteiger partial charge is 0.306 e. The number of hydrogen-bond acceptors (Lipinski definition) is 6. The Bertz CT molecular complexity index is 1180. The maximum Gasteiger partial charge on any atom is 0.306 e. The Balaban J connectivity index is 4.23. The lowest BCUT2D eigenvalue weighted by Crippen LogP contribution is -2.30. The molecule has 430 valence electrons. The fourth-order valence-electron chi connectivity index (χ4n) is 10.0. The van der Waals surface area contributed by atoms with Crippen molar-refractivity contribution >= 4 is 17.9 Å². The molecule has 0 aliphatic heterocycles. The highest BCUT2D eigenvalue weighted by Crippen LogP contribution is 2.18. The van der Waals surface area contributed by atoms with Gasteiger partial charge in [-0.05, 0) is 51.4 Å². The second-order valence-electron chi connectivity index (χ2n) is 22.4. The second-order valence-corrected chi connectivity index (χ2v) is 22.4. The molecule has 0 aromatic heterocycles. The van der Waals surface area contributed by atoms with Gasteiger partial charge in [0.15, 0.2) is 6.10 Å². The summed E-state index contributed by atoms with van der Waals surface area (Å²) in [5.74, 6) is -0.857. The van der Waals surface area contributed by atoms with E-state index in [1.165, 1.54) is 250 Å². The largest absolute Gasteiger partial charge is 0.462 e. The van der Waals surface area contributed by atoms with Gasteiger partial charge in [0.05, 0.1) is 0 Å². The third-order valence-electron chi connectivity index (χ3n) is 15.0. The van der Waals surface area contributed by atoms with E-state index in [-0.39, 0.29) is 31.1 Å². The number of ether oxygens (including phenoxy) is 3. The fraction of sp³-hybridized carbons (Fsp3) is 0.896. The molecule has 0 amide bonds. The van der Waals surface area contributed by atoms with Gasteiger partial charge in [0.25, 0.3) is 0 Å². The summed E-state index contributed by atoms with van der Waals surface area (Å²) in [6, 6.07) is 0. The number of hydrogen-bond donors (Lipinski definition) is 0. The van der Waals surface area contributed by atoms with Crippen molar-refractivity contribution in [2.45, 2.75) is 374 Å². The van der Waals surface area contributed by atoms with Gasteiger partial charge in [-0.25, -0.2) is 0 Å². The van der Waals surface area contributed by atoms with Crippen molar-refractivity contribution in [1.82, 2.24) is 0 Å². The van der Waals surface area contributed by atoms with Crippen LogP contribution in [0.1, 0.15) is 367 Å². The van der Waals surface area contributed by atoms with Gasteiger partial charge < -0.3 is 14.2 Å². The van der Waals surface area contributed by atoms with Crippen LogP contribution in [0.25, 0.3) is 0 Å². The standard InChI is InChI=1S/C67H126O6/c1-4-7-10-13-16-19-22-25-28-29-30-31-32-33-34-35-36-37-40-42-45-48-51-54-57-60-66(69)72-63-64(73-67(70)61-58-55-52-49-46-43-39-27-24-21-18-15-12-9-6-3)62-71-65(68)59-56-53-50-47-44-41-38-26-23-20-17-14-11-8-5-2/h18,21,27,39,64H,4-17,19-20,22-26,28-38,40-63H2,1-3H3/b21-18-,39-27-. The normalized spacial score (nSPS) is 12.1. The molecule has 0 fully saturated rings. The van der Waals surface area contributed by atoms with E-state index in [0.29, 0.717) is 19.3 Å². The first-order valence-corrected chi connectivity index (χ1v) is 32.8. The first kappa shape index (κ1) is 70.9. The first-order chi connectivity index (χ1) is 36.0. The van der Waals surface area contributed by atoms with Gasteiger partial charge in [-0.1, -0.05) is 321 Å². The Labute approximate surface area is 455 Å². The van der Waals surface area contributed by atoms with Crippen LogP contribution in [-0.4, -0.2) is 37.2 Å². The monoisotopic (exact) mass is 1030 g/mol. The van der Waals surface area contributed by atoms with E-state index in [2.05, 4.69) is 45.1 Å². The summed E-state index contributed by atoms with van der Waals surface area (Å²) in [7, 11) is 0. The van der Waals surface area contributed by atoms with Gasteiger partial charge in [0.1, 0.15) is 13.2 Å². The molecule has 73 heavy (non-hydrogen) atoms. The molecule has 0 aromatic rings. The molecule has 0 N–H and O–H groups in total. The Morgan fingerprint density at radius 1 is 0.274 bits per heavy atom. The highest BCUT2D eigenvalue weighted by molar-refractivity contribution is 5.71. The van der Waals surface area contributed by atoms with E-state index in [0.717, 1.165) is 77.0 Å². The Morgan fingerprint density at radius 2 is 0.493 bits per heavy atom. The van der Waals surface area contributed by atoms with Crippen LogP contribution in [0.15, 0.2) is 24.3 Å². The highest BCUT2D eigenvalue weighted by Gasteiger charge is 2.19. The number of carbonyl (C=O) groups excluding carboxylic acids is 3. The molecule has 0 aliphatic rings. The van der Waals surface area contributed by atoms with Gasteiger partial charge in [-0.3, -0.25) is 14.4 Å². The minimum atomic E-state index is -0.775. The summed E-state index contributed by atoms with van der Waals surface area (Å²) < 4.78 is 16.9. The van der Waals surface area contributed by atoms with Crippen LogP contribution in [0.3, 0.4) is 0 Å². The van der Waals surface area contributed by atoms with E-state index in [1.807, 2.05) is 0 Å². The number of allylic oxidation sites excluding steroid dienone is 4. The van der Waals surface area contributed by atoms with Gasteiger partial charge in [0, 0.05) is 19.3 Å². The minimum Gasteiger partial charge on any atom is -0.462 e. The van der Waals surface area contributed by atoms with E-state index in [9.17, 15) is 14.4 Å². The summed E-state index contributed by atoms with van der Waals surface area (Å²) in [5, 5.41) is 0. The van der Waals surface area contributed by atoms with Crippen LogP contribution in [0.5, 0.6) is 0 Å². The molecular weight excluding hydrogens is 901 g/mol. The molecule has 0 spiro atoms. The van der Waals surface area contributed by atoms with Crippen molar-refractivity contribution in [2.75, 3.05) is 13.2 Å². The SMILES string of the molecule is CCCCC/C=C\C/C=C\CCCCCCCC(=O)OC(COC(=O)CCCCCCCCCCCCCCCCC)COC(=O)CCCCCCCCCCCCCCCCCCCCCCCCCCC. The predicted octanol–water partition coefficient (Wildman–Crippen LogP) is 22.2. The molecule has 0 heterocycles. The van der Waals surface area contributed by atoms with Crippen molar-refractivity contribution < 1.29 is 28.6 Å². The molecule has 6 nitrogen and oxygen atoms in total. The summed E-state index contributed by atoms with van der Waals surface area (Å²) >= 11 is 0. The second kappa shape index (κ2) is 62.4. The van der Waals surface area contributed by atoms with Gasteiger partial charge in [-0.2, -0.15) is 0 Å². The number of carbonyl (C=O) groups is 3. The van der Waals surface area contributed by atoms with Crippen molar-refractivity contribution in [1.29, 1.82) is 0 Å². The van der Waals surface area contributed by atoms with E-state index >= 15 is 0 Å². The molecule has 0 aliphatic carbocycles. The topological polar surface area (TPSA) is 78.9 Å². The van der Waals surface area contributed by atoms with Crippen LogP contribution < -0.4 is 0 Å². The zero-order valence-electron chi connectivity index (χ0n) is 49.4. The molecule has 1 unspecified atom stereocenters. The minimum absolute atomic E-state index is 0.0710. The average Bonchev–Trinajstić information content (AvgIpc) is 3.39. The average molecular weight is 1030 g/mol. The van der Waals surface area contributed by atoms with E-state index in [4.69, 9.17) is 14.2 Å². The van der Waals surface area contributed by atoms with Crippen LogP contribution >= 0.6 is 0 Å². The number of rotatable bonds is 61. The molecule has 0 aromatic carbocycles. The molecule has 0 rings (SSSR count). The van der Waals surface area contributed by atoms with Gasteiger partial charge in [-0.15, -0.1) is 0 Å². The maximum atomic E-state index is 12.9. The van der Waals surface area contributed by atoms with Crippen LogP contribution in [0.2, 0.25) is 0 Å². The Kier molecular flexibility index (Phi) is 60.6. The summed E-state index contributed by atoms with van der Waals surface area (Å²) in [6.45, 7) is 6.67. The van der Waals surface area contributed by atoms with E-state index in [1.54, 1.807) is 0 Å². The zero-order chi connectivity index (χ0) is 52.9. The van der Waals surface area contributed by atoms with Crippen molar-refractivity contribution in [3.8, 4) is 0 Å². The van der Waals surface area contributed by atoms with E-state index < -0.39 is 6.10 Å². The Hall–Kier alpha value is -2.11. The molecule has 1 atom stereocenters. The third kappa shape index (κ3) is 60.6. The van der Waals surface area contributed by atoms with Gasteiger partial charge in [0.2, 0.25) is 0 Å². The Morgan fingerprint density at radius 3 is 0.781 bits per heavy atom. The number of esters is 3. The lowest BCUT2D eigenvalue weighted by Gasteiger charge is -2.18. The molecule has 6 heteroatoms. The van der Waals surface area contributed by atoms with Crippen molar-refractivity contribution in [2.24, 2.45) is 0 Å². The predicted molar refractivity (Wildman–Crippen MR) is 316 cm³/mol. The van der Waals surface area contributed by atoms with Crippen molar-refractivity contribution in [3.05, 3.63) is 24.3 Å². The quantitative estimate of drug-likeness (QED) is 0.0261.